The van der Waals surface area contributed by atoms with Crippen LogP contribution in [0, 0.1) is 23.7 Å². The molecule has 0 atom stereocenters. The van der Waals surface area contributed by atoms with E-state index < -0.39 is 0 Å². The fraction of sp³-hybridized carbons (Fsp3) is 0.0556. The third-order valence-corrected chi connectivity index (χ3v) is 3.81. The summed E-state index contributed by atoms with van der Waals surface area (Å²) < 4.78 is 5.30. The Morgan fingerprint density at radius 3 is 2.35 bits per heavy atom. The standard InChI is InChI=1S/C18H10Cl3NO/c1-2-7-23-18-16(20)9-12(10-17(18)21)8-13(11-22)14-5-3-4-6-15(14)19/h1,3-6,8-10H,7H2. The molecule has 0 spiro atoms. The molecule has 0 heterocycles. The van der Waals surface area contributed by atoms with Gasteiger partial charge in [0.25, 0.3) is 0 Å². The molecule has 0 aliphatic rings. The minimum Gasteiger partial charge on any atom is -0.478 e. The first-order valence-corrected chi connectivity index (χ1v) is 7.62. The summed E-state index contributed by atoms with van der Waals surface area (Å²) in [6.07, 6.45) is 6.81. The number of benzene rings is 2. The molecule has 0 bridgehead atoms. The van der Waals surface area contributed by atoms with Crippen LogP contribution in [-0.2, 0) is 0 Å². The minimum atomic E-state index is 0.0672. The first-order chi connectivity index (χ1) is 11.1. The van der Waals surface area contributed by atoms with Crippen LogP contribution in [0.4, 0.5) is 0 Å². The van der Waals surface area contributed by atoms with Gasteiger partial charge in [0.2, 0.25) is 0 Å². The number of ether oxygens (including phenoxy) is 1. The second kappa shape index (κ2) is 7.95. The Morgan fingerprint density at radius 2 is 1.78 bits per heavy atom. The Hall–Kier alpha value is -2.10. The molecule has 0 aromatic heterocycles. The van der Waals surface area contributed by atoms with Gasteiger partial charge in [-0.05, 0) is 29.8 Å². The second-order valence-electron chi connectivity index (χ2n) is 4.46. The lowest BCUT2D eigenvalue weighted by Gasteiger charge is -2.09. The largest absolute Gasteiger partial charge is 0.478 e. The quantitative estimate of drug-likeness (QED) is 0.396. The van der Waals surface area contributed by atoms with Crippen LogP contribution >= 0.6 is 34.8 Å². The van der Waals surface area contributed by atoms with Gasteiger partial charge in [0.1, 0.15) is 6.61 Å². The maximum atomic E-state index is 9.38. The van der Waals surface area contributed by atoms with Crippen molar-refractivity contribution in [3.8, 4) is 24.2 Å². The SMILES string of the molecule is C#CCOc1c(Cl)cc(C=C(C#N)c2ccccc2Cl)cc1Cl. The van der Waals surface area contributed by atoms with Crippen LogP contribution in [0.1, 0.15) is 11.1 Å². The predicted molar refractivity (Wildman–Crippen MR) is 95.7 cm³/mol. The van der Waals surface area contributed by atoms with E-state index >= 15 is 0 Å². The number of nitriles is 1. The summed E-state index contributed by atoms with van der Waals surface area (Å²) in [5.41, 5.74) is 1.70. The average molecular weight is 363 g/mol. The summed E-state index contributed by atoms with van der Waals surface area (Å²) in [6.45, 7) is 0.0672. The summed E-state index contributed by atoms with van der Waals surface area (Å²) in [6, 6.07) is 12.5. The first-order valence-electron chi connectivity index (χ1n) is 6.48. The Labute approximate surface area is 149 Å². The predicted octanol–water partition coefficient (Wildman–Crippen LogP) is 5.72. The third kappa shape index (κ3) is 4.21. The van der Waals surface area contributed by atoms with Gasteiger partial charge in [-0.25, -0.2) is 0 Å². The molecule has 0 aliphatic heterocycles. The van der Waals surface area contributed by atoms with Gasteiger partial charge in [-0.3, -0.25) is 0 Å². The Bertz CT molecular complexity index is 821. The van der Waals surface area contributed by atoms with Crippen molar-refractivity contribution in [3.05, 3.63) is 62.6 Å². The van der Waals surface area contributed by atoms with Crippen LogP contribution in [0.5, 0.6) is 5.75 Å². The fourth-order valence-electron chi connectivity index (χ4n) is 1.93. The smallest absolute Gasteiger partial charge is 0.157 e. The number of hydrogen-bond donors (Lipinski definition) is 0. The van der Waals surface area contributed by atoms with Gasteiger partial charge in [-0.15, -0.1) is 6.42 Å². The Morgan fingerprint density at radius 1 is 1.13 bits per heavy atom. The monoisotopic (exact) mass is 361 g/mol. The molecule has 2 aromatic rings. The van der Waals surface area contributed by atoms with E-state index in [1.54, 1.807) is 36.4 Å². The van der Waals surface area contributed by atoms with Gasteiger partial charge in [0.15, 0.2) is 5.75 Å². The molecule has 0 saturated carbocycles. The number of halogens is 3. The van der Waals surface area contributed by atoms with Gasteiger partial charge < -0.3 is 4.74 Å². The number of nitrogens with zero attached hydrogens (tertiary/aromatic N) is 1. The van der Waals surface area contributed by atoms with Crippen LogP contribution in [0.15, 0.2) is 36.4 Å². The lowest BCUT2D eigenvalue weighted by Crippen LogP contribution is -1.95. The van der Waals surface area contributed by atoms with E-state index in [2.05, 4.69) is 12.0 Å². The van der Waals surface area contributed by atoms with Crippen molar-refractivity contribution in [2.75, 3.05) is 6.61 Å². The zero-order valence-corrected chi connectivity index (χ0v) is 14.1. The molecule has 0 amide bonds. The van der Waals surface area contributed by atoms with Crippen LogP contribution < -0.4 is 4.74 Å². The van der Waals surface area contributed by atoms with E-state index in [1.807, 2.05) is 6.07 Å². The summed E-state index contributed by atoms with van der Waals surface area (Å²) in [7, 11) is 0. The molecule has 0 unspecified atom stereocenters. The zero-order chi connectivity index (χ0) is 16.8. The van der Waals surface area contributed by atoms with E-state index in [0.29, 0.717) is 37.5 Å². The highest BCUT2D eigenvalue weighted by Crippen LogP contribution is 2.35. The minimum absolute atomic E-state index is 0.0672. The molecule has 0 aliphatic carbocycles. The van der Waals surface area contributed by atoms with Crippen molar-refractivity contribution < 1.29 is 4.74 Å². The highest BCUT2D eigenvalue weighted by molar-refractivity contribution is 6.37. The third-order valence-electron chi connectivity index (χ3n) is 2.92. The van der Waals surface area contributed by atoms with E-state index in [9.17, 15) is 5.26 Å². The zero-order valence-electron chi connectivity index (χ0n) is 11.8. The Balaban J connectivity index is 2.44. The van der Waals surface area contributed by atoms with Crippen molar-refractivity contribution in [2.45, 2.75) is 0 Å². The molecular formula is C18H10Cl3NO. The maximum absolute atomic E-state index is 9.38. The van der Waals surface area contributed by atoms with E-state index in [0.717, 1.165) is 0 Å². The van der Waals surface area contributed by atoms with E-state index in [-0.39, 0.29) is 6.61 Å². The molecular weight excluding hydrogens is 353 g/mol. The van der Waals surface area contributed by atoms with Crippen LogP contribution in [0.2, 0.25) is 15.1 Å². The lowest BCUT2D eigenvalue weighted by molar-refractivity contribution is 0.371. The van der Waals surface area contributed by atoms with E-state index in [1.165, 1.54) is 0 Å². The van der Waals surface area contributed by atoms with Crippen molar-refractivity contribution in [2.24, 2.45) is 0 Å². The van der Waals surface area contributed by atoms with E-state index in [4.69, 9.17) is 46.0 Å². The number of terminal acetylenes is 1. The molecule has 23 heavy (non-hydrogen) atoms. The van der Waals surface area contributed by atoms with Gasteiger partial charge in [-0.1, -0.05) is 58.9 Å². The van der Waals surface area contributed by atoms with Crippen molar-refractivity contribution >= 4 is 46.5 Å². The highest BCUT2D eigenvalue weighted by Gasteiger charge is 2.11. The first kappa shape index (κ1) is 17.3. The van der Waals surface area contributed by atoms with Gasteiger partial charge >= 0.3 is 0 Å². The molecule has 2 aromatic carbocycles. The van der Waals surface area contributed by atoms with Crippen LogP contribution in [-0.4, -0.2) is 6.61 Å². The number of allylic oxidation sites excluding steroid dienone is 1. The van der Waals surface area contributed by atoms with Gasteiger partial charge in [0, 0.05) is 10.6 Å². The molecule has 0 saturated heterocycles. The summed E-state index contributed by atoms with van der Waals surface area (Å²) in [5, 5.41) is 10.5. The van der Waals surface area contributed by atoms with Gasteiger partial charge in [-0.2, -0.15) is 5.26 Å². The van der Waals surface area contributed by atoms with Gasteiger partial charge in [0.05, 0.1) is 21.7 Å². The van der Waals surface area contributed by atoms with Crippen molar-refractivity contribution in [1.82, 2.24) is 0 Å². The van der Waals surface area contributed by atoms with Crippen molar-refractivity contribution in [3.63, 3.8) is 0 Å². The Kier molecular flexibility index (Phi) is 5.97. The maximum Gasteiger partial charge on any atom is 0.157 e. The molecule has 0 radical (unpaired) electrons. The molecule has 5 heteroatoms. The van der Waals surface area contributed by atoms with Crippen LogP contribution in [0.25, 0.3) is 11.6 Å². The molecule has 2 rings (SSSR count). The van der Waals surface area contributed by atoms with Crippen molar-refractivity contribution in [1.29, 1.82) is 5.26 Å². The second-order valence-corrected chi connectivity index (χ2v) is 5.68. The topological polar surface area (TPSA) is 33.0 Å². The molecule has 0 fully saturated rings. The van der Waals surface area contributed by atoms with Crippen LogP contribution in [0.3, 0.4) is 0 Å². The number of hydrogen-bond acceptors (Lipinski definition) is 2. The fourth-order valence-corrected chi connectivity index (χ4v) is 2.78. The molecule has 0 N–H and O–H groups in total. The normalized spacial score (nSPS) is 10.7. The summed E-state index contributed by atoms with van der Waals surface area (Å²) >= 11 is 18.4. The molecule has 2 nitrogen and oxygen atoms in total. The highest BCUT2D eigenvalue weighted by atomic mass is 35.5. The lowest BCUT2D eigenvalue weighted by atomic mass is 10.0. The number of rotatable bonds is 4. The average Bonchev–Trinajstić information content (AvgIpc) is 2.53. The summed E-state index contributed by atoms with van der Waals surface area (Å²) in [4.78, 5) is 0. The molecule has 114 valence electrons. The summed E-state index contributed by atoms with van der Waals surface area (Å²) in [5.74, 6) is 2.66.